The van der Waals surface area contributed by atoms with E-state index in [0.717, 1.165) is 0 Å². The first kappa shape index (κ1) is 8.74. The average molecular weight is 175 g/mol. The van der Waals surface area contributed by atoms with E-state index in [9.17, 15) is 0 Å². The van der Waals surface area contributed by atoms with Gasteiger partial charge in [0.25, 0.3) is 0 Å². The Bertz CT molecular complexity index is 302. The summed E-state index contributed by atoms with van der Waals surface area (Å²) in [6.45, 7) is 4.46. The summed E-state index contributed by atoms with van der Waals surface area (Å²) in [5.74, 6) is 0.611. The van der Waals surface area contributed by atoms with Crippen LogP contribution in [0.5, 0.6) is 0 Å². The molecular formula is C12H17N. The van der Waals surface area contributed by atoms with Crippen molar-refractivity contribution in [2.45, 2.75) is 45.4 Å². The number of fused-ring (bicyclic) bond motifs is 1. The monoisotopic (exact) mass is 175 g/mol. The lowest BCUT2D eigenvalue weighted by atomic mass is 9.93. The number of rotatable bonds is 1. The molecule has 2 rings (SSSR count). The van der Waals surface area contributed by atoms with Gasteiger partial charge in [-0.15, -0.1) is 0 Å². The topological polar surface area (TPSA) is 12.9 Å². The highest BCUT2D eigenvalue weighted by molar-refractivity contribution is 5.28. The molecule has 0 radical (unpaired) electrons. The van der Waals surface area contributed by atoms with Crippen LogP contribution in [-0.2, 0) is 12.8 Å². The van der Waals surface area contributed by atoms with Gasteiger partial charge in [0.15, 0.2) is 0 Å². The molecule has 1 aromatic rings. The van der Waals surface area contributed by atoms with Crippen LogP contribution in [0.15, 0.2) is 12.3 Å². The summed E-state index contributed by atoms with van der Waals surface area (Å²) >= 11 is 0. The van der Waals surface area contributed by atoms with E-state index in [-0.39, 0.29) is 0 Å². The van der Waals surface area contributed by atoms with Crippen molar-refractivity contribution >= 4 is 0 Å². The standard InChI is InChI=1S/C12H17N/c1-9(2)11-7-10-5-3-4-6-12(10)13-8-11/h7-9H,3-6H2,1-2H3. The van der Waals surface area contributed by atoms with E-state index in [1.165, 1.54) is 42.5 Å². The van der Waals surface area contributed by atoms with Crippen LogP contribution < -0.4 is 0 Å². The lowest BCUT2D eigenvalue weighted by Crippen LogP contribution is -2.06. The molecule has 1 heteroatoms. The maximum atomic E-state index is 4.54. The fourth-order valence-electron chi connectivity index (χ4n) is 1.92. The SMILES string of the molecule is CC(C)c1cnc2c(c1)CCCC2. The molecule has 0 spiro atoms. The molecule has 1 nitrogen and oxygen atoms in total. The Kier molecular flexibility index (Phi) is 2.34. The molecule has 0 aromatic carbocycles. The maximum Gasteiger partial charge on any atom is 0.0435 e. The maximum absolute atomic E-state index is 4.54. The van der Waals surface area contributed by atoms with Crippen molar-refractivity contribution in [2.24, 2.45) is 0 Å². The Morgan fingerprint density at radius 3 is 2.77 bits per heavy atom. The molecule has 0 bridgehead atoms. The summed E-state index contributed by atoms with van der Waals surface area (Å²) in [5.41, 5.74) is 4.23. The van der Waals surface area contributed by atoms with Gasteiger partial charge in [0, 0.05) is 11.9 Å². The molecular weight excluding hydrogens is 158 g/mol. The number of pyridine rings is 1. The van der Waals surface area contributed by atoms with Gasteiger partial charge in [0.2, 0.25) is 0 Å². The summed E-state index contributed by atoms with van der Waals surface area (Å²) < 4.78 is 0. The van der Waals surface area contributed by atoms with E-state index in [4.69, 9.17) is 0 Å². The molecule has 0 aliphatic heterocycles. The van der Waals surface area contributed by atoms with Crippen LogP contribution >= 0.6 is 0 Å². The predicted molar refractivity (Wildman–Crippen MR) is 55.0 cm³/mol. The molecule has 13 heavy (non-hydrogen) atoms. The van der Waals surface area contributed by atoms with Crippen molar-refractivity contribution in [3.63, 3.8) is 0 Å². The number of aromatic nitrogens is 1. The number of nitrogens with zero attached hydrogens (tertiary/aromatic N) is 1. The third kappa shape index (κ3) is 1.74. The number of hydrogen-bond acceptors (Lipinski definition) is 1. The summed E-state index contributed by atoms with van der Waals surface area (Å²) in [6, 6.07) is 2.35. The van der Waals surface area contributed by atoms with Crippen molar-refractivity contribution in [2.75, 3.05) is 0 Å². The van der Waals surface area contributed by atoms with E-state index in [1.54, 1.807) is 0 Å². The summed E-state index contributed by atoms with van der Waals surface area (Å²) in [5, 5.41) is 0. The molecule has 0 atom stereocenters. The number of hydrogen-bond donors (Lipinski definition) is 0. The highest BCUT2D eigenvalue weighted by Crippen LogP contribution is 2.22. The Morgan fingerprint density at radius 2 is 2.00 bits per heavy atom. The van der Waals surface area contributed by atoms with Crippen LogP contribution in [0.25, 0.3) is 0 Å². The van der Waals surface area contributed by atoms with Gasteiger partial charge in [-0.2, -0.15) is 0 Å². The van der Waals surface area contributed by atoms with E-state index in [0.29, 0.717) is 5.92 Å². The van der Waals surface area contributed by atoms with Gasteiger partial charge < -0.3 is 0 Å². The molecule has 1 aliphatic rings. The Labute approximate surface area is 80.2 Å². The molecule has 0 amide bonds. The van der Waals surface area contributed by atoms with Crippen LogP contribution in [0.3, 0.4) is 0 Å². The summed E-state index contributed by atoms with van der Waals surface area (Å²) in [7, 11) is 0. The Morgan fingerprint density at radius 1 is 1.23 bits per heavy atom. The Hall–Kier alpha value is -0.850. The quantitative estimate of drug-likeness (QED) is 0.639. The van der Waals surface area contributed by atoms with Gasteiger partial charge in [-0.05, 0) is 42.7 Å². The third-order valence-electron chi connectivity index (χ3n) is 2.86. The van der Waals surface area contributed by atoms with Crippen LogP contribution in [-0.4, -0.2) is 4.98 Å². The van der Waals surface area contributed by atoms with Gasteiger partial charge in [0.05, 0.1) is 0 Å². The first-order valence-electron chi connectivity index (χ1n) is 5.25. The molecule has 0 saturated carbocycles. The first-order chi connectivity index (χ1) is 6.27. The largest absolute Gasteiger partial charge is 0.261 e. The van der Waals surface area contributed by atoms with Gasteiger partial charge in [-0.1, -0.05) is 19.9 Å². The van der Waals surface area contributed by atoms with Crippen molar-refractivity contribution in [3.05, 3.63) is 29.1 Å². The summed E-state index contributed by atoms with van der Waals surface area (Å²) in [4.78, 5) is 4.54. The Balaban J connectivity index is 2.35. The van der Waals surface area contributed by atoms with Crippen LogP contribution in [0.1, 0.15) is 49.4 Å². The minimum Gasteiger partial charge on any atom is -0.261 e. The van der Waals surface area contributed by atoms with E-state index < -0.39 is 0 Å². The lowest BCUT2D eigenvalue weighted by Gasteiger charge is -2.16. The smallest absolute Gasteiger partial charge is 0.0435 e. The fraction of sp³-hybridized carbons (Fsp3) is 0.583. The van der Waals surface area contributed by atoms with Crippen LogP contribution in [0, 0.1) is 0 Å². The minimum absolute atomic E-state index is 0.611. The minimum atomic E-state index is 0.611. The average Bonchev–Trinajstić information content (AvgIpc) is 2.17. The van der Waals surface area contributed by atoms with Gasteiger partial charge in [-0.25, -0.2) is 0 Å². The third-order valence-corrected chi connectivity index (χ3v) is 2.86. The first-order valence-corrected chi connectivity index (χ1v) is 5.25. The van der Waals surface area contributed by atoms with Crippen molar-refractivity contribution < 1.29 is 0 Å². The molecule has 1 heterocycles. The van der Waals surface area contributed by atoms with Crippen molar-refractivity contribution in [1.82, 2.24) is 4.98 Å². The van der Waals surface area contributed by atoms with Crippen LogP contribution in [0.4, 0.5) is 0 Å². The van der Waals surface area contributed by atoms with E-state index in [2.05, 4.69) is 31.1 Å². The molecule has 1 aliphatic carbocycles. The highest BCUT2D eigenvalue weighted by Gasteiger charge is 2.11. The van der Waals surface area contributed by atoms with Crippen molar-refractivity contribution in [1.29, 1.82) is 0 Å². The number of aryl methyl sites for hydroxylation is 2. The van der Waals surface area contributed by atoms with Gasteiger partial charge in [0.1, 0.15) is 0 Å². The van der Waals surface area contributed by atoms with Crippen molar-refractivity contribution in [3.8, 4) is 0 Å². The molecule has 0 saturated heterocycles. The van der Waals surface area contributed by atoms with Gasteiger partial charge >= 0.3 is 0 Å². The molecule has 70 valence electrons. The molecule has 0 N–H and O–H groups in total. The predicted octanol–water partition coefficient (Wildman–Crippen LogP) is 3.08. The fourth-order valence-corrected chi connectivity index (χ4v) is 1.92. The molecule has 0 unspecified atom stereocenters. The summed E-state index contributed by atoms with van der Waals surface area (Å²) in [6.07, 6.45) is 7.14. The van der Waals surface area contributed by atoms with E-state index in [1.807, 2.05) is 0 Å². The second-order valence-electron chi connectivity index (χ2n) is 4.24. The van der Waals surface area contributed by atoms with E-state index >= 15 is 0 Å². The van der Waals surface area contributed by atoms with Crippen LogP contribution in [0.2, 0.25) is 0 Å². The zero-order valence-corrected chi connectivity index (χ0v) is 8.51. The van der Waals surface area contributed by atoms with Gasteiger partial charge in [-0.3, -0.25) is 4.98 Å². The second-order valence-corrected chi connectivity index (χ2v) is 4.24. The lowest BCUT2D eigenvalue weighted by molar-refractivity contribution is 0.663. The molecule has 0 fully saturated rings. The normalized spacial score (nSPS) is 15.9. The zero-order chi connectivity index (χ0) is 9.26. The zero-order valence-electron chi connectivity index (χ0n) is 8.51. The molecule has 1 aromatic heterocycles. The second kappa shape index (κ2) is 3.49. The highest BCUT2D eigenvalue weighted by atomic mass is 14.7.